The number of carbonyl (C=O) groups is 1. The van der Waals surface area contributed by atoms with Crippen molar-refractivity contribution in [3.63, 3.8) is 0 Å². The second-order valence-electron chi connectivity index (χ2n) is 4.01. The number of thiazole rings is 1. The first-order chi connectivity index (χ1) is 7.54. The van der Waals surface area contributed by atoms with E-state index in [-0.39, 0.29) is 11.8 Å². The highest BCUT2D eigenvalue weighted by atomic mass is 32.1. The molecule has 16 heavy (non-hydrogen) atoms. The van der Waals surface area contributed by atoms with E-state index in [2.05, 4.69) is 10.3 Å². The SMILES string of the molecule is CCC(C)[C@H](N)C(=O)NCc1nc(C)cs1. The molecule has 90 valence electrons. The molecule has 0 bridgehead atoms. The average molecular weight is 241 g/mol. The molecule has 3 N–H and O–H groups in total. The third kappa shape index (κ3) is 3.57. The molecule has 1 aromatic rings. The Kier molecular flexibility index (Phi) is 4.89. The number of hydrogen-bond acceptors (Lipinski definition) is 4. The molecule has 1 amide bonds. The Morgan fingerprint density at radius 2 is 2.38 bits per heavy atom. The summed E-state index contributed by atoms with van der Waals surface area (Å²) in [6, 6.07) is -0.425. The quantitative estimate of drug-likeness (QED) is 0.819. The summed E-state index contributed by atoms with van der Waals surface area (Å²) in [5, 5.41) is 5.70. The molecule has 0 radical (unpaired) electrons. The molecule has 1 aromatic heterocycles. The zero-order valence-corrected chi connectivity index (χ0v) is 10.8. The van der Waals surface area contributed by atoms with Gasteiger partial charge in [-0.2, -0.15) is 0 Å². The molecule has 0 saturated carbocycles. The molecule has 0 aliphatic heterocycles. The van der Waals surface area contributed by atoms with E-state index >= 15 is 0 Å². The number of carbonyl (C=O) groups excluding carboxylic acids is 1. The summed E-state index contributed by atoms with van der Waals surface area (Å²) in [5.74, 6) is 0.111. The fourth-order valence-electron chi connectivity index (χ4n) is 1.28. The van der Waals surface area contributed by atoms with Gasteiger partial charge in [0.15, 0.2) is 0 Å². The Labute approximate surface area is 100 Å². The first-order valence-corrected chi connectivity index (χ1v) is 6.36. The number of aryl methyl sites for hydroxylation is 1. The van der Waals surface area contributed by atoms with Crippen molar-refractivity contribution >= 4 is 17.2 Å². The van der Waals surface area contributed by atoms with Gasteiger partial charge < -0.3 is 11.1 Å². The van der Waals surface area contributed by atoms with Crippen LogP contribution in [0.4, 0.5) is 0 Å². The zero-order valence-electron chi connectivity index (χ0n) is 9.99. The maximum Gasteiger partial charge on any atom is 0.237 e. The molecular weight excluding hydrogens is 222 g/mol. The number of hydrogen-bond donors (Lipinski definition) is 2. The minimum atomic E-state index is -0.425. The molecule has 1 heterocycles. The average Bonchev–Trinajstić information content (AvgIpc) is 2.69. The summed E-state index contributed by atoms with van der Waals surface area (Å²) in [7, 11) is 0. The van der Waals surface area contributed by atoms with Crippen molar-refractivity contribution in [2.24, 2.45) is 11.7 Å². The van der Waals surface area contributed by atoms with Crippen LogP contribution >= 0.6 is 11.3 Å². The van der Waals surface area contributed by atoms with Crippen molar-refractivity contribution in [2.45, 2.75) is 39.8 Å². The summed E-state index contributed by atoms with van der Waals surface area (Å²) in [5.41, 5.74) is 6.80. The van der Waals surface area contributed by atoms with Crippen LogP contribution in [-0.2, 0) is 11.3 Å². The van der Waals surface area contributed by atoms with Gasteiger partial charge in [-0.15, -0.1) is 11.3 Å². The number of nitrogens with two attached hydrogens (primary N) is 1. The van der Waals surface area contributed by atoms with E-state index in [1.54, 1.807) is 11.3 Å². The molecule has 0 aliphatic carbocycles. The van der Waals surface area contributed by atoms with E-state index < -0.39 is 6.04 Å². The molecule has 0 aromatic carbocycles. The molecular formula is C11H19N3OS. The van der Waals surface area contributed by atoms with Crippen LogP contribution < -0.4 is 11.1 Å². The van der Waals surface area contributed by atoms with Crippen LogP contribution in [-0.4, -0.2) is 16.9 Å². The maximum absolute atomic E-state index is 11.7. The Morgan fingerprint density at radius 3 is 2.88 bits per heavy atom. The molecule has 0 spiro atoms. The lowest BCUT2D eigenvalue weighted by Gasteiger charge is -2.17. The van der Waals surface area contributed by atoms with Crippen molar-refractivity contribution < 1.29 is 4.79 Å². The fourth-order valence-corrected chi connectivity index (χ4v) is 1.99. The van der Waals surface area contributed by atoms with Crippen LogP contribution in [0.2, 0.25) is 0 Å². The highest BCUT2D eigenvalue weighted by Gasteiger charge is 2.18. The second kappa shape index (κ2) is 5.96. The van der Waals surface area contributed by atoms with Crippen LogP contribution in [0.1, 0.15) is 31.0 Å². The molecule has 4 nitrogen and oxygen atoms in total. The lowest BCUT2D eigenvalue weighted by Crippen LogP contribution is -2.44. The normalized spacial score (nSPS) is 14.5. The highest BCUT2D eigenvalue weighted by molar-refractivity contribution is 7.09. The van der Waals surface area contributed by atoms with Gasteiger partial charge >= 0.3 is 0 Å². The van der Waals surface area contributed by atoms with Crippen LogP contribution in [0, 0.1) is 12.8 Å². The van der Waals surface area contributed by atoms with E-state index in [9.17, 15) is 4.79 Å². The third-order valence-electron chi connectivity index (χ3n) is 2.64. The molecule has 0 saturated heterocycles. The van der Waals surface area contributed by atoms with Gasteiger partial charge in [-0.25, -0.2) is 4.98 Å². The molecule has 5 heteroatoms. The molecule has 1 rings (SSSR count). The van der Waals surface area contributed by atoms with E-state index in [0.717, 1.165) is 17.1 Å². The van der Waals surface area contributed by atoms with Crippen LogP contribution in [0.3, 0.4) is 0 Å². The van der Waals surface area contributed by atoms with Crippen molar-refractivity contribution in [3.8, 4) is 0 Å². The lowest BCUT2D eigenvalue weighted by molar-refractivity contribution is -0.123. The highest BCUT2D eigenvalue weighted by Crippen LogP contribution is 2.09. The third-order valence-corrected chi connectivity index (χ3v) is 3.61. The summed E-state index contributed by atoms with van der Waals surface area (Å²) < 4.78 is 0. The fraction of sp³-hybridized carbons (Fsp3) is 0.636. The largest absolute Gasteiger partial charge is 0.348 e. The minimum absolute atomic E-state index is 0.0952. The van der Waals surface area contributed by atoms with Crippen LogP contribution in [0.15, 0.2) is 5.38 Å². The van der Waals surface area contributed by atoms with Crippen LogP contribution in [0.5, 0.6) is 0 Å². The number of rotatable bonds is 5. The number of nitrogens with one attached hydrogen (secondary N) is 1. The maximum atomic E-state index is 11.7. The van der Waals surface area contributed by atoms with Gasteiger partial charge in [0.2, 0.25) is 5.91 Å². The van der Waals surface area contributed by atoms with Crippen molar-refractivity contribution in [1.29, 1.82) is 0 Å². The van der Waals surface area contributed by atoms with Crippen molar-refractivity contribution in [2.75, 3.05) is 0 Å². The standard InChI is InChI=1S/C11H19N3OS/c1-4-7(2)10(12)11(15)13-5-9-14-8(3)6-16-9/h6-7,10H,4-5,12H2,1-3H3,(H,13,15)/t7?,10-/m0/s1. The first-order valence-electron chi connectivity index (χ1n) is 5.48. The van der Waals surface area contributed by atoms with Gasteiger partial charge in [0.1, 0.15) is 5.01 Å². The summed E-state index contributed by atoms with van der Waals surface area (Å²) in [4.78, 5) is 15.9. The minimum Gasteiger partial charge on any atom is -0.348 e. The second-order valence-corrected chi connectivity index (χ2v) is 4.95. The van der Waals surface area contributed by atoms with Crippen molar-refractivity contribution in [3.05, 3.63) is 16.1 Å². The first kappa shape index (κ1) is 13.1. The van der Waals surface area contributed by atoms with E-state index in [1.165, 1.54) is 0 Å². The predicted octanol–water partition coefficient (Wildman–Crippen LogP) is 1.44. The lowest BCUT2D eigenvalue weighted by atomic mass is 9.99. The number of aromatic nitrogens is 1. The number of nitrogens with zero attached hydrogens (tertiary/aromatic N) is 1. The van der Waals surface area contributed by atoms with Crippen LogP contribution in [0.25, 0.3) is 0 Å². The van der Waals surface area contributed by atoms with Crippen molar-refractivity contribution in [1.82, 2.24) is 10.3 Å². The van der Waals surface area contributed by atoms with Gasteiger partial charge in [-0.05, 0) is 12.8 Å². The Bertz CT molecular complexity index is 351. The Hall–Kier alpha value is -0.940. The van der Waals surface area contributed by atoms with Gasteiger partial charge in [-0.1, -0.05) is 20.3 Å². The molecule has 0 aliphatic rings. The summed E-state index contributed by atoms with van der Waals surface area (Å²) >= 11 is 1.55. The van der Waals surface area contributed by atoms with E-state index in [4.69, 9.17) is 5.73 Å². The van der Waals surface area contributed by atoms with Gasteiger partial charge in [-0.3, -0.25) is 4.79 Å². The Morgan fingerprint density at radius 1 is 1.69 bits per heavy atom. The smallest absolute Gasteiger partial charge is 0.237 e. The van der Waals surface area contributed by atoms with Gasteiger partial charge in [0.05, 0.1) is 12.6 Å². The summed E-state index contributed by atoms with van der Waals surface area (Å²) in [6.07, 6.45) is 0.908. The summed E-state index contributed by atoms with van der Waals surface area (Å²) in [6.45, 7) is 6.42. The molecule has 1 unspecified atom stereocenters. The van der Waals surface area contributed by atoms with E-state index in [0.29, 0.717) is 6.54 Å². The monoisotopic (exact) mass is 241 g/mol. The Balaban J connectivity index is 2.40. The predicted molar refractivity (Wildman–Crippen MR) is 66.1 cm³/mol. The van der Waals surface area contributed by atoms with Gasteiger partial charge in [0, 0.05) is 11.1 Å². The zero-order chi connectivity index (χ0) is 12.1. The molecule has 0 fully saturated rings. The topological polar surface area (TPSA) is 68.0 Å². The van der Waals surface area contributed by atoms with E-state index in [1.807, 2.05) is 26.2 Å². The number of amides is 1. The van der Waals surface area contributed by atoms with Gasteiger partial charge in [0.25, 0.3) is 0 Å². The molecule has 2 atom stereocenters.